The summed E-state index contributed by atoms with van der Waals surface area (Å²) in [6.45, 7) is -0.0370. The fourth-order valence-corrected chi connectivity index (χ4v) is 2.84. The molecule has 0 bridgehead atoms. The highest BCUT2D eigenvalue weighted by atomic mass is 35.5. The zero-order valence-electron chi connectivity index (χ0n) is 9.52. The molecule has 0 saturated heterocycles. The van der Waals surface area contributed by atoms with Crippen LogP contribution in [0.3, 0.4) is 0 Å². The molecular formula is C10H11ClFN3O2S. The van der Waals surface area contributed by atoms with Crippen molar-refractivity contribution in [2.75, 3.05) is 19.3 Å². The van der Waals surface area contributed by atoms with Gasteiger partial charge in [0, 0.05) is 25.7 Å². The Labute approximate surface area is 110 Å². The Morgan fingerprint density at radius 3 is 2.72 bits per heavy atom. The smallest absolute Gasteiger partial charge is 0.245 e. The largest absolute Gasteiger partial charge is 0.399 e. The fraction of sp³-hybridized carbons (Fsp3) is 0.300. The number of sulfonamides is 1. The summed E-state index contributed by atoms with van der Waals surface area (Å²) in [5.41, 5.74) is 5.49. The highest BCUT2D eigenvalue weighted by Crippen LogP contribution is 2.27. The lowest BCUT2D eigenvalue weighted by Gasteiger charge is -2.16. The molecule has 1 aromatic carbocycles. The minimum absolute atomic E-state index is 0.00734. The highest BCUT2D eigenvalue weighted by Gasteiger charge is 2.26. The van der Waals surface area contributed by atoms with Crippen molar-refractivity contribution in [2.45, 2.75) is 11.3 Å². The van der Waals surface area contributed by atoms with Crippen LogP contribution >= 0.6 is 11.6 Å². The molecular weight excluding hydrogens is 281 g/mol. The van der Waals surface area contributed by atoms with Gasteiger partial charge in [0.2, 0.25) is 10.0 Å². The molecule has 0 unspecified atom stereocenters. The maximum atomic E-state index is 13.7. The first-order chi connectivity index (χ1) is 8.30. The molecule has 0 radical (unpaired) electrons. The lowest BCUT2D eigenvalue weighted by molar-refractivity contribution is 0.469. The Kier molecular flexibility index (Phi) is 4.51. The molecule has 1 rings (SSSR count). The first-order valence-electron chi connectivity index (χ1n) is 4.88. The summed E-state index contributed by atoms with van der Waals surface area (Å²) >= 11 is 5.54. The molecule has 0 aliphatic rings. The molecule has 1 aromatic rings. The van der Waals surface area contributed by atoms with Crippen LogP contribution in [-0.4, -0.2) is 26.3 Å². The Morgan fingerprint density at radius 1 is 1.56 bits per heavy atom. The molecule has 5 nitrogen and oxygen atoms in total. The van der Waals surface area contributed by atoms with Gasteiger partial charge in [-0.15, -0.1) is 0 Å². The van der Waals surface area contributed by atoms with Gasteiger partial charge in [-0.3, -0.25) is 0 Å². The second-order valence-corrected chi connectivity index (χ2v) is 5.97. The Hall–Kier alpha value is -1.36. The summed E-state index contributed by atoms with van der Waals surface area (Å²) in [6.07, 6.45) is 0.00734. The minimum Gasteiger partial charge on any atom is -0.399 e. The standard InChI is InChI=1S/C10H11ClFN3O2S/c1-15(4-2-3-13)18(16,17)9-6-7(14)5-8(11)10(9)12/h5-6H,2,4,14H2,1H3. The molecule has 0 aliphatic carbocycles. The number of anilines is 1. The lowest BCUT2D eigenvalue weighted by Crippen LogP contribution is -2.28. The van der Waals surface area contributed by atoms with Crippen LogP contribution in [-0.2, 0) is 10.0 Å². The number of nitrogen functional groups attached to an aromatic ring is 1. The molecule has 0 aliphatic heterocycles. The van der Waals surface area contributed by atoms with E-state index in [4.69, 9.17) is 22.6 Å². The third-order valence-electron chi connectivity index (χ3n) is 2.24. The molecule has 0 amide bonds. The van der Waals surface area contributed by atoms with Crippen LogP contribution in [0.4, 0.5) is 10.1 Å². The molecule has 0 heterocycles. The Balaban J connectivity index is 3.25. The predicted octanol–water partition coefficient (Wildman–Crippen LogP) is 1.60. The highest BCUT2D eigenvalue weighted by molar-refractivity contribution is 7.89. The van der Waals surface area contributed by atoms with Crippen LogP contribution in [0.2, 0.25) is 5.02 Å². The lowest BCUT2D eigenvalue weighted by atomic mass is 10.3. The van der Waals surface area contributed by atoms with E-state index in [0.717, 1.165) is 16.4 Å². The van der Waals surface area contributed by atoms with Crippen molar-refractivity contribution in [3.8, 4) is 6.07 Å². The predicted molar refractivity (Wildman–Crippen MR) is 65.9 cm³/mol. The van der Waals surface area contributed by atoms with Crippen LogP contribution in [0.15, 0.2) is 17.0 Å². The topological polar surface area (TPSA) is 87.2 Å². The number of nitrogens with two attached hydrogens (primary N) is 1. The first kappa shape index (κ1) is 14.7. The second kappa shape index (κ2) is 5.52. The number of nitriles is 1. The van der Waals surface area contributed by atoms with Crippen LogP contribution in [0.1, 0.15) is 6.42 Å². The third kappa shape index (κ3) is 2.90. The quantitative estimate of drug-likeness (QED) is 0.854. The molecule has 0 atom stereocenters. The van der Waals surface area contributed by atoms with Crippen molar-refractivity contribution in [3.05, 3.63) is 23.0 Å². The van der Waals surface area contributed by atoms with Gasteiger partial charge in [-0.1, -0.05) is 11.6 Å². The van der Waals surface area contributed by atoms with Crippen molar-refractivity contribution in [3.63, 3.8) is 0 Å². The summed E-state index contributed by atoms with van der Waals surface area (Å²) in [5, 5.41) is 8.05. The zero-order valence-corrected chi connectivity index (χ0v) is 11.1. The molecule has 18 heavy (non-hydrogen) atoms. The molecule has 0 aromatic heterocycles. The van der Waals surface area contributed by atoms with E-state index in [1.54, 1.807) is 0 Å². The van der Waals surface area contributed by atoms with Gasteiger partial charge in [0.1, 0.15) is 4.90 Å². The number of rotatable bonds is 4. The second-order valence-electron chi connectivity index (χ2n) is 3.55. The maximum Gasteiger partial charge on any atom is 0.245 e. The normalized spacial score (nSPS) is 11.5. The molecule has 0 spiro atoms. The van der Waals surface area contributed by atoms with E-state index in [1.165, 1.54) is 7.05 Å². The van der Waals surface area contributed by atoms with E-state index in [9.17, 15) is 12.8 Å². The van der Waals surface area contributed by atoms with Gasteiger partial charge < -0.3 is 5.73 Å². The van der Waals surface area contributed by atoms with Crippen molar-refractivity contribution >= 4 is 27.3 Å². The maximum absolute atomic E-state index is 13.7. The molecule has 2 N–H and O–H groups in total. The van der Waals surface area contributed by atoms with Crippen LogP contribution in [0.5, 0.6) is 0 Å². The van der Waals surface area contributed by atoms with E-state index in [0.29, 0.717) is 0 Å². The first-order valence-corrected chi connectivity index (χ1v) is 6.70. The van der Waals surface area contributed by atoms with Crippen molar-refractivity contribution in [1.82, 2.24) is 4.31 Å². The van der Waals surface area contributed by atoms with Gasteiger partial charge in [0.15, 0.2) is 5.82 Å². The van der Waals surface area contributed by atoms with Crippen molar-refractivity contribution in [2.24, 2.45) is 0 Å². The average molecular weight is 292 g/mol. The summed E-state index contributed by atoms with van der Waals surface area (Å²) in [5.74, 6) is -1.05. The molecule has 8 heteroatoms. The van der Waals surface area contributed by atoms with Crippen LogP contribution < -0.4 is 5.73 Å². The van der Waals surface area contributed by atoms with Gasteiger partial charge in [-0.25, -0.2) is 12.8 Å². The Bertz CT molecular complexity index is 598. The van der Waals surface area contributed by atoms with E-state index in [1.807, 2.05) is 6.07 Å². The van der Waals surface area contributed by atoms with E-state index in [2.05, 4.69) is 0 Å². The summed E-state index contributed by atoms with van der Waals surface area (Å²) < 4.78 is 38.6. The summed E-state index contributed by atoms with van der Waals surface area (Å²) in [7, 11) is -2.79. The van der Waals surface area contributed by atoms with E-state index >= 15 is 0 Å². The zero-order chi connectivity index (χ0) is 13.9. The van der Waals surface area contributed by atoms with Crippen molar-refractivity contribution < 1.29 is 12.8 Å². The monoisotopic (exact) mass is 291 g/mol. The number of halogens is 2. The number of benzene rings is 1. The average Bonchev–Trinajstić information content (AvgIpc) is 2.30. The van der Waals surface area contributed by atoms with Gasteiger partial charge >= 0.3 is 0 Å². The molecule has 0 saturated carbocycles. The van der Waals surface area contributed by atoms with Gasteiger partial charge in [-0.2, -0.15) is 9.57 Å². The molecule has 0 fully saturated rings. The minimum atomic E-state index is -4.04. The van der Waals surface area contributed by atoms with Crippen molar-refractivity contribution in [1.29, 1.82) is 5.26 Å². The molecule has 98 valence electrons. The Morgan fingerprint density at radius 2 is 2.17 bits per heavy atom. The van der Waals surface area contributed by atoms with Crippen LogP contribution in [0.25, 0.3) is 0 Å². The van der Waals surface area contributed by atoms with Gasteiger partial charge in [0.05, 0.1) is 11.1 Å². The van der Waals surface area contributed by atoms with Crippen LogP contribution in [0, 0.1) is 17.1 Å². The number of hydrogen-bond donors (Lipinski definition) is 1. The number of nitrogens with zero attached hydrogens (tertiary/aromatic N) is 2. The van der Waals surface area contributed by atoms with E-state index < -0.39 is 20.7 Å². The van der Waals surface area contributed by atoms with Gasteiger partial charge in [0.25, 0.3) is 0 Å². The van der Waals surface area contributed by atoms with Gasteiger partial charge in [-0.05, 0) is 12.1 Å². The summed E-state index contributed by atoms with van der Waals surface area (Å²) in [4.78, 5) is -0.590. The summed E-state index contributed by atoms with van der Waals surface area (Å²) in [6, 6.07) is 3.94. The number of hydrogen-bond acceptors (Lipinski definition) is 4. The van der Waals surface area contributed by atoms with E-state index in [-0.39, 0.29) is 23.7 Å². The SMILES string of the molecule is CN(CCC#N)S(=O)(=O)c1cc(N)cc(Cl)c1F. The fourth-order valence-electron chi connectivity index (χ4n) is 1.27. The third-order valence-corrected chi connectivity index (χ3v) is 4.38.